The lowest BCUT2D eigenvalue weighted by atomic mass is 9.90. The first-order valence-electron chi connectivity index (χ1n) is 8.57. The molecule has 2 saturated heterocycles. The maximum absolute atomic E-state index is 13.1. The molecule has 9 heteroatoms. The van der Waals surface area contributed by atoms with Crippen LogP contribution in [0.25, 0.3) is 0 Å². The zero-order valence-electron chi connectivity index (χ0n) is 14.2. The molecule has 0 unspecified atom stereocenters. The van der Waals surface area contributed by atoms with Crippen molar-refractivity contribution in [2.75, 3.05) is 37.7 Å². The summed E-state index contributed by atoms with van der Waals surface area (Å²) in [6.07, 6.45) is 8.58. The van der Waals surface area contributed by atoms with Gasteiger partial charge in [-0.15, -0.1) is 0 Å². The highest BCUT2D eigenvalue weighted by Gasteiger charge is 2.42. The average molecular weight is 358 g/mol. The molecule has 1 spiro atoms. The summed E-state index contributed by atoms with van der Waals surface area (Å²) in [5.74, 6) is -0.127. The molecule has 0 bridgehead atoms. The number of hydrogen-bond acceptors (Lipinski definition) is 7. The van der Waals surface area contributed by atoms with E-state index in [-0.39, 0.29) is 5.91 Å². The number of aromatic nitrogens is 4. The van der Waals surface area contributed by atoms with Crippen molar-refractivity contribution < 1.29 is 13.9 Å². The van der Waals surface area contributed by atoms with Gasteiger partial charge in [0.15, 0.2) is 5.82 Å². The van der Waals surface area contributed by atoms with Crippen molar-refractivity contribution in [1.29, 1.82) is 0 Å². The van der Waals surface area contributed by atoms with Gasteiger partial charge in [0.25, 0.3) is 5.91 Å². The topological polar surface area (TPSA) is 84.3 Å². The number of nitrogens with zero attached hydrogens (tertiary/aromatic N) is 6. The van der Waals surface area contributed by atoms with Gasteiger partial charge in [-0.3, -0.25) is 9.78 Å². The van der Waals surface area contributed by atoms with Crippen molar-refractivity contribution in [2.45, 2.75) is 18.4 Å². The number of carbonyl (C=O) groups excluding carboxylic acids is 1. The zero-order valence-corrected chi connectivity index (χ0v) is 14.2. The Morgan fingerprint density at radius 3 is 2.73 bits per heavy atom. The Bertz CT molecular complexity index is 771. The number of rotatable bonds is 2. The Morgan fingerprint density at radius 1 is 1.12 bits per heavy atom. The van der Waals surface area contributed by atoms with E-state index in [0.29, 0.717) is 37.9 Å². The first-order valence-corrected chi connectivity index (χ1v) is 8.57. The van der Waals surface area contributed by atoms with Crippen LogP contribution in [-0.4, -0.2) is 69.1 Å². The summed E-state index contributed by atoms with van der Waals surface area (Å²) in [4.78, 5) is 32.7. The van der Waals surface area contributed by atoms with Crippen LogP contribution in [0.3, 0.4) is 0 Å². The molecule has 2 aliphatic heterocycles. The van der Waals surface area contributed by atoms with Gasteiger partial charge in [-0.25, -0.2) is 19.3 Å². The SMILES string of the molecule is O=C(c1cnccn1)N1CCO[C@@]2(CCCN(c3ncc(F)cn3)C2)C1. The minimum Gasteiger partial charge on any atom is -0.369 e. The average Bonchev–Trinajstić information content (AvgIpc) is 2.69. The number of amides is 1. The second-order valence-corrected chi connectivity index (χ2v) is 6.58. The highest BCUT2D eigenvalue weighted by Crippen LogP contribution is 2.30. The van der Waals surface area contributed by atoms with Crippen molar-refractivity contribution in [3.8, 4) is 0 Å². The van der Waals surface area contributed by atoms with Gasteiger partial charge in [0.05, 0.1) is 38.3 Å². The molecular formula is C17H19FN6O2. The second-order valence-electron chi connectivity index (χ2n) is 6.58. The number of morpholine rings is 1. The van der Waals surface area contributed by atoms with E-state index < -0.39 is 11.4 Å². The minimum absolute atomic E-state index is 0.143. The molecule has 0 N–H and O–H groups in total. The van der Waals surface area contributed by atoms with Gasteiger partial charge in [-0.2, -0.15) is 0 Å². The molecule has 4 heterocycles. The molecule has 2 fully saturated rings. The smallest absolute Gasteiger partial charge is 0.274 e. The quantitative estimate of drug-likeness (QED) is 0.789. The molecule has 2 aliphatic rings. The third-order valence-corrected chi connectivity index (χ3v) is 4.75. The fourth-order valence-electron chi connectivity index (χ4n) is 3.57. The fourth-order valence-corrected chi connectivity index (χ4v) is 3.57. The summed E-state index contributed by atoms with van der Waals surface area (Å²) in [6, 6.07) is 0. The van der Waals surface area contributed by atoms with Crippen LogP contribution >= 0.6 is 0 Å². The lowest BCUT2D eigenvalue weighted by Crippen LogP contribution is -2.61. The first-order chi connectivity index (χ1) is 12.7. The Morgan fingerprint density at radius 2 is 1.96 bits per heavy atom. The standard InChI is InChI=1S/C17H19FN6O2/c18-13-8-21-16(22-9-13)24-5-1-2-17(12-24)11-23(6-7-26-17)15(25)14-10-19-3-4-20-14/h3-4,8-10H,1-2,5-7,11-12H2/t17-/m0/s1. The van der Waals surface area contributed by atoms with E-state index in [1.165, 1.54) is 12.4 Å². The van der Waals surface area contributed by atoms with Crippen molar-refractivity contribution in [3.63, 3.8) is 0 Å². The van der Waals surface area contributed by atoms with Crippen LogP contribution < -0.4 is 4.90 Å². The highest BCUT2D eigenvalue weighted by molar-refractivity contribution is 5.92. The second kappa shape index (κ2) is 6.91. The van der Waals surface area contributed by atoms with Crippen LogP contribution in [-0.2, 0) is 4.74 Å². The predicted molar refractivity (Wildman–Crippen MR) is 90.1 cm³/mol. The molecule has 4 rings (SSSR count). The van der Waals surface area contributed by atoms with Crippen molar-refractivity contribution in [2.24, 2.45) is 0 Å². The number of hydrogen-bond donors (Lipinski definition) is 0. The van der Waals surface area contributed by atoms with E-state index in [0.717, 1.165) is 31.8 Å². The summed E-state index contributed by atoms with van der Waals surface area (Å²) < 4.78 is 19.2. The molecule has 0 radical (unpaired) electrons. The Hall–Kier alpha value is -2.68. The molecule has 26 heavy (non-hydrogen) atoms. The molecule has 0 aliphatic carbocycles. The summed E-state index contributed by atoms with van der Waals surface area (Å²) >= 11 is 0. The lowest BCUT2D eigenvalue weighted by molar-refractivity contribution is -0.105. The van der Waals surface area contributed by atoms with Crippen LogP contribution in [0.5, 0.6) is 0 Å². The molecule has 2 aromatic rings. The van der Waals surface area contributed by atoms with E-state index >= 15 is 0 Å². The highest BCUT2D eigenvalue weighted by atomic mass is 19.1. The first kappa shape index (κ1) is 16.8. The van der Waals surface area contributed by atoms with Crippen molar-refractivity contribution in [1.82, 2.24) is 24.8 Å². The van der Waals surface area contributed by atoms with E-state index in [1.807, 2.05) is 4.90 Å². The summed E-state index contributed by atoms with van der Waals surface area (Å²) in [5, 5.41) is 0. The predicted octanol–water partition coefficient (Wildman–Crippen LogP) is 0.917. The third-order valence-electron chi connectivity index (χ3n) is 4.75. The molecule has 8 nitrogen and oxygen atoms in total. The van der Waals surface area contributed by atoms with E-state index in [1.54, 1.807) is 11.1 Å². The maximum Gasteiger partial charge on any atom is 0.274 e. The number of halogens is 1. The largest absolute Gasteiger partial charge is 0.369 e. The van der Waals surface area contributed by atoms with Gasteiger partial charge in [-0.1, -0.05) is 0 Å². The summed E-state index contributed by atoms with van der Waals surface area (Å²) in [5.41, 5.74) is -0.148. The van der Waals surface area contributed by atoms with E-state index in [2.05, 4.69) is 19.9 Å². The van der Waals surface area contributed by atoms with Gasteiger partial charge >= 0.3 is 0 Å². The van der Waals surface area contributed by atoms with Crippen molar-refractivity contribution >= 4 is 11.9 Å². The third kappa shape index (κ3) is 3.34. The number of anilines is 1. The fraction of sp³-hybridized carbons (Fsp3) is 0.471. The molecule has 2 aromatic heterocycles. The maximum atomic E-state index is 13.1. The van der Waals surface area contributed by atoms with E-state index in [9.17, 15) is 9.18 Å². The van der Waals surface area contributed by atoms with E-state index in [4.69, 9.17) is 4.74 Å². The Balaban J connectivity index is 1.50. The van der Waals surface area contributed by atoms with Crippen LogP contribution in [0, 0.1) is 5.82 Å². The molecular weight excluding hydrogens is 339 g/mol. The minimum atomic E-state index is -0.480. The Labute approximate surface area is 150 Å². The molecule has 1 amide bonds. The van der Waals surface area contributed by atoms with Gasteiger partial charge in [0.1, 0.15) is 11.3 Å². The molecule has 1 atom stereocenters. The lowest BCUT2D eigenvalue weighted by Gasteiger charge is -2.47. The van der Waals surface area contributed by atoms with Gasteiger partial charge in [-0.05, 0) is 12.8 Å². The number of piperidine rings is 1. The van der Waals surface area contributed by atoms with Crippen LogP contribution in [0.2, 0.25) is 0 Å². The van der Waals surface area contributed by atoms with Crippen molar-refractivity contribution in [3.05, 3.63) is 42.5 Å². The Kier molecular flexibility index (Phi) is 4.46. The van der Waals surface area contributed by atoms with Crippen LogP contribution in [0.4, 0.5) is 10.3 Å². The molecule has 136 valence electrons. The van der Waals surface area contributed by atoms with Crippen LogP contribution in [0.15, 0.2) is 31.0 Å². The monoisotopic (exact) mass is 358 g/mol. The molecule has 0 aromatic carbocycles. The van der Waals surface area contributed by atoms with Gasteiger partial charge < -0.3 is 14.5 Å². The van der Waals surface area contributed by atoms with Crippen LogP contribution in [0.1, 0.15) is 23.3 Å². The number of carbonyl (C=O) groups is 1. The summed E-state index contributed by atoms with van der Waals surface area (Å²) in [6.45, 7) is 2.78. The van der Waals surface area contributed by atoms with Gasteiger partial charge in [0, 0.05) is 25.5 Å². The normalized spacial score (nSPS) is 23.3. The number of ether oxygens (including phenoxy) is 1. The summed E-state index contributed by atoms with van der Waals surface area (Å²) in [7, 11) is 0. The zero-order chi connectivity index (χ0) is 18.0. The molecule has 0 saturated carbocycles. The van der Waals surface area contributed by atoms with Gasteiger partial charge in [0.2, 0.25) is 5.95 Å².